The number of aromatic nitrogens is 1. The highest BCUT2D eigenvalue weighted by Gasteiger charge is 2.29. The Balaban J connectivity index is 2.06. The van der Waals surface area contributed by atoms with Crippen LogP contribution < -0.4 is 20.7 Å². The highest BCUT2D eigenvalue weighted by atomic mass is 32.2. The monoisotopic (exact) mass is 455 g/mol. The van der Waals surface area contributed by atoms with Crippen LogP contribution in [-0.4, -0.2) is 32.3 Å². The van der Waals surface area contributed by atoms with Crippen LogP contribution in [-0.2, 0) is 26.8 Å². The van der Waals surface area contributed by atoms with Crippen LogP contribution in [0.4, 0.5) is 11.4 Å². The van der Waals surface area contributed by atoms with E-state index in [0.717, 1.165) is 6.07 Å². The summed E-state index contributed by atoms with van der Waals surface area (Å²) >= 11 is 0. The molecule has 0 bridgehead atoms. The molecular weight excluding hydrogens is 434 g/mol. The Morgan fingerprint density at radius 2 is 2.00 bits per heavy atom. The molecule has 2 heterocycles. The fourth-order valence-electron chi connectivity index (χ4n) is 2.86. The Morgan fingerprint density at radius 3 is 2.63 bits per heavy atom. The molecule has 1 aliphatic heterocycles. The SMILES string of the molecule is CC(C)CCn1ccc(O)c(C2=NS(=O)(=O)c3cc(NS(N)(=O)=O)ccc3N2)c1=O. The first kappa shape index (κ1) is 21.8. The number of aryl methyl sites for hydroxylation is 1. The fraction of sp³-hybridized carbons (Fsp3) is 0.294. The topological polar surface area (TPSA) is 173 Å². The number of aromatic hydroxyl groups is 1. The van der Waals surface area contributed by atoms with Crippen LogP contribution in [0.2, 0.25) is 0 Å². The summed E-state index contributed by atoms with van der Waals surface area (Å²) in [6.07, 6.45) is 2.14. The first-order chi connectivity index (χ1) is 13.9. The largest absolute Gasteiger partial charge is 0.507 e. The minimum Gasteiger partial charge on any atom is -0.507 e. The molecule has 0 saturated carbocycles. The van der Waals surface area contributed by atoms with E-state index in [1.165, 1.54) is 29.0 Å². The molecule has 3 rings (SSSR count). The van der Waals surface area contributed by atoms with Crippen molar-refractivity contribution in [2.45, 2.75) is 31.7 Å². The predicted octanol–water partition coefficient (Wildman–Crippen LogP) is 0.776. The number of hydrogen-bond donors (Lipinski definition) is 4. The van der Waals surface area contributed by atoms with E-state index >= 15 is 0 Å². The number of benzene rings is 1. The molecule has 1 aliphatic rings. The van der Waals surface area contributed by atoms with Gasteiger partial charge in [-0.25, -0.2) is 5.14 Å². The quantitative estimate of drug-likeness (QED) is 0.498. The van der Waals surface area contributed by atoms with Crippen molar-refractivity contribution in [3.63, 3.8) is 0 Å². The summed E-state index contributed by atoms with van der Waals surface area (Å²) in [5.41, 5.74) is -0.870. The maximum absolute atomic E-state index is 12.8. The van der Waals surface area contributed by atoms with Gasteiger partial charge in [0.2, 0.25) is 0 Å². The van der Waals surface area contributed by atoms with Crippen molar-refractivity contribution in [2.75, 3.05) is 10.0 Å². The summed E-state index contributed by atoms with van der Waals surface area (Å²) < 4.78 is 54.7. The lowest BCUT2D eigenvalue weighted by Gasteiger charge is -2.20. The second-order valence-corrected chi connectivity index (χ2v) is 10.0. The number of nitrogens with two attached hydrogens (primary N) is 1. The maximum Gasteiger partial charge on any atom is 0.296 e. The Labute approximate surface area is 173 Å². The summed E-state index contributed by atoms with van der Waals surface area (Å²) in [5.74, 6) is -0.402. The van der Waals surface area contributed by atoms with Gasteiger partial charge in [0.25, 0.3) is 25.8 Å². The van der Waals surface area contributed by atoms with Gasteiger partial charge in [-0.05, 0) is 36.6 Å². The van der Waals surface area contributed by atoms with Gasteiger partial charge in [-0.1, -0.05) is 13.8 Å². The van der Waals surface area contributed by atoms with Gasteiger partial charge in [-0.2, -0.15) is 16.8 Å². The van der Waals surface area contributed by atoms with Gasteiger partial charge in [-0.3, -0.25) is 9.52 Å². The van der Waals surface area contributed by atoms with Crippen LogP contribution in [0.3, 0.4) is 0 Å². The Kier molecular flexibility index (Phi) is 5.62. The molecule has 0 atom stereocenters. The third-order valence-electron chi connectivity index (χ3n) is 4.31. The number of pyridine rings is 1. The van der Waals surface area contributed by atoms with E-state index < -0.39 is 31.5 Å². The smallest absolute Gasteiger partial charge is 0.296 e. The summed E-state index contributed by atoms with van der Waals surface area (Å²) in [4.78, 5) is 12.5. The molecule has 0 fully saturated rings. The fourth-order valence-corrected chi connectivity index (χ4v) is 4.46. The van der Waals surface area contributed by atoms with Gasteiger partial charge in [0, 0.05) is 12.7 Å². The van der Waals surface area contributed by atoms with Gasteiger partial charge in [0.05, 0.1) is 11.4 Å². The van der Waals surface area contributed by atoms with Crippen LogP contribution in [0, 0.1) is 5.92 Å². The van der Waals surface area contributed by atoms with Crippen molar-refractivity contribution in [2.24, 2.45) is 15.5 Å². The zero-order valence-electron chi connectivity index (χ0n) is 16.2. The Hall–Kier alpha value is -2.90. The molecule has 1 aromatic carbocycles. The average Bonchev–Trinajstić information content (AvgIpc) is 2.60. The molecule has 30 heavy (non-hydrogen) atoms. The number of sulfonamides is 1. The van der Waals surface area contributed by atoms with Crippen molar-refractivity contribution in [3.8, 4) is 5.75 Å². The molecule has 2 aromatic rings. The zero-order valence-corrected chi connectivity index (χ0v) is 17.8. The Morgan fingerprint density at radius 1 is 1.30 bits per heavy atom. The van der Waals surface area contributed by atoms with Crippen LogP contribution >= 0.6 is 0 Å². The van der Waals surface area contributed by atoms with Crippen molar-refractivity contribution in [1.29, 1.82) is 0 Å². The van der Waals surface area contributed by atoms with E-state index in [0.29, 0.717) is 18.9 Å². The zero-order chi connectivity index (χ0) is 22.3. The lowest BCUT2D eigenvalue weighted by molar-refractivity contribution is 0.464. The normalized spacial score (nSPS) is 15.3. The molecule has 0 unspecified atom stereocenters. The van der Waals surface area contributed by atoms with Crippen molar-refractivity contribution < 1.29 is 21.9 Å². The second-order valence-electron chi connectivity index (χ2n) is 7.16. The van der Waals surface area contributed by atoms with Gasteiger partial charge < -0.3 is 15.0 Å². The molecular formula is C17H21N5O6S2. The second kappa shape index (κ2) is 7.74. The molecule has 162 valence electrons. The molecule has 0 radical (unpaired) electrons. The standard InChI is InChI=1S/C17H21N5O6S2/c1-10(2)5-7-22-8-6-13(23)15(17(22)24)16-19-12-4-3-11(20-30(18,27)28)9-14(12)29(25,26)21-16/h3-4,6,8-10,20,23H,5,7H2,1-2H3,(H,19,21)(H2,18,27,28). The van der Waals surface area contributed by atoms with Crippen LogP contribution in [0.1, 0.15) is 25.8 Å². The highest BCUT2D eigenvalue weighted by molar-refractivity contribution is 7.91. The lowest BCUT2D eigenvalue weighted by atomic mass is 10.1. The van der Waals surface area contributed by atoms with Crippen molar-refractivity contribution in [3.05, 3.63) is 46.4 Å². The Bertz CT molecular complexity index is 1300. The van der Waals surface area contributed by atoms with E-state index in [9.17, 15) is 26.7 Å². The minimum absolute atomic E-state index is 0.0661. The van der Waals surface area contributed by atoms with E-state index in [1.54, 1.807) is 0 Å². The molecule has 0 amide bonds. The summed E-state index contributed by atoms with van der Waals surface area (Å²) in [5, 5.41) is 17.8. The van der Waals surface area contributed by atoms with Crippen LogP contribution in [0.15, 0.2) is 44.6 Å². The summed E-state index contributed by atoms with van der Waals surface area (Å²) in [6, 6.07) is 4.93. The molecule has 5 N–H and O–H groups in total. The lowest BCUT2D eigenvalue weighted by Crippen LogP contribution is -2.32. The van der Waals surface area contributed by atoms with E-state index in [1.807, 2.05) is 18.6 Å². The number of rotatable bonds is 6. The number of nitrogens with zero attached hydrogens (tertiary/aromatic N) is 2. The van der Waals surface area contributed by atoms with E-state index in [-0.39, 0.29) is 27.7 Å². The molecule has 11 nitrogen and oxygen atoms in total. The van der Waals surface area contributed by atoms with Crippen molar-refractivity contribution in [1.82, 2.24) is 4.57 Å². The number of fused-ring (bicyclic) bond motifs is 1. The molecule has 0 aliphatic carbocycles. The minimum atomic E-state index is -4.30. The predicted molar refractivity (Wildman–Crippen MR) is 112 cm³/mol. The third-order valence-corrected chi connectivity index (χ3v) is 6.15. The number of anilines is 2. The maximum atomic E-state index is 12.8. The highest BCUT2D eigenvalue weighted by Crippen LogP contribution is 2.32. The number of hydrogen-bond acceptors (Lipinski definition) is 7. The van der Waals surface area contributed by atoms with Crippen LogP contribution in [0.25, 0.3) is 0 Å². The number of nitrogens with one attached hydrogen (secondary N) is 2. The van der Waals surface area contributed by atoms with E-state index in [2.05, 4.69) is 9.71 Å². The van der Waals surface area contributed by atoms with Gasteiger partial charge in [0.1, 0.15) is 16.2 Å². The molecule has 0 spiro atoms. The van der Waals surface area contributed by atoms with Crippen molar-refractivity contribution >= 4 is 37.4 Å². The third kappa shape index (κ3) is 4.63. The molecule has 13 heteroatoms. The van der Waals surface area contributed by atoms with Gasteiger partial charge >= 0.3 is 0 Å². The number of amidine groups is 1. The van der Waals surface area contributed by atoms with E-state index in [4.69, 9.17) is 5.14 Å². The van der Waals surface area contributed by atoms with Gasteiger partial charge in [0.15, 0.2) is 5.84 Å². The first-order valence-corrected chi connectivity index (χ1v) is 11.9. The average molecular weight is 456 g/mol. The summed E-state index contributed by atoms with van der Waals surface area (Å²) in [6.45, 7) is 4.40. The first-order valence-electron chi connectivity index (χ1n) is 8.87. The van der Waals surface area contributed by atoms with Crippen LogP contribution in [0.5, 0.6) is 5.75 Å². The van der Waals surface area contributed by atoms with Gasteiger partial charge in [-0.15, -0.1) is 4.40 Å². The summed E-state index contributed by atoms with van der Waals surface area (Å²) in [7, 11) is -8.40. The molecule has 0 saturated heterocycles. The molecule has 1 aromatic heterocycles.